The van der Waals surface area contributed by atoms with E-state index in [4.69, 9.17) is 10.5 Å². The van der Waals surface area contributed by atoms with E-state index in [1.807, 2.05) is 6.07 Å². The molecule has 0 heterocycles. The van der Waals surface area contributed by atoms with Gasteiger partial charge in [-0.25, -0.2) is 0 Å². The normalized spacial score (nSPS) is 24.8. The Morgan fingerprint density at radius 2 is 2.13 bits per heavy atom. The van der Waals surface area contributed by atoms with Crippen LogP contribution in [0, 0.1) is 0 Å². The van der Waals surface area contributed by atoms with Gasteiger partial charge in [0.05, 0.1) is 7.11 Å². The van der Waals surface area contributed by atoms with Gasteiger partial charge in [-0.1, -0.05) is 22.9 Å². The molecule has 1 unspecified atom stereocenters. The lowest BCUT2D eigenvalue weighted by Crippen LogP contribution is -2.19. The maximum Gasteiger partial charge on any atom is 0.120 e. The summed E-state index contributed by atoms with van der Waals surface area (Å²) in [5, 5.41) is 0. The fourth-order valence-electron chi connectivity index (χ4n) is 2.29. The Kier molecular flexibility index (Phi) is 3.03. The van der Waals surface area contributed by atoms with Crippen LogP contribution in [0.4, 0.5) is 0 Å². The molecule has 1 aromatic rings. The van der Waals surface area contributed by atoms with Crippen molar-refractivity contribution in [1.29, 1.82) is 0 Å². The maximum absolute atomic E-state index is 6.12. The van der Waals surface area contributed by atoms with E-state index >= 15 is 0 Å². The van der Waals surface area contributed by atoms with Gasteiger partial charge < -0.3 is 10.5 Å². The van der Waals surface area contributed by atoms with Gasteiger partial charge >= 0.3 is 0 Å². The molecule has 1 aliphatic carbocycles. The Hall–Kier alpha value is -0.540. The van der Waals surface area contributed by atoms with Crippen LogP contribution in [-0.4, -0.2) is 7.11 Å². The summed E-state index contributed by atoms with van der Waals surface area (Å²) in [6.45, 7) is 2.25. The second-order valence-corrected chi connectivity index (χ2v) is 5.05. The highest BCUT2D eigenvalue weighted by Crippen LogP contribution is 2.42. The molecule has 0 saturated carbocycles. The topological polar surface area (TPSA) is 35.2 Å². The van der Waals surface area contributed by atoms with Crippen molar-refractivity contribution in [2.75, 3.05) is 7.11 Å². The van der Waals surface area contributed by atoms with Gasteiger partial charge in [-0.05, 0) is 42.0 Å². The number of rotatable bonds is 1. The van der Waals surface area contributed by atoms with Crippen molar-refractivity contribution in [2.24, 2.45) is 5.73 Å². The minimum atomic E-state index is 0.155. The number of nitrogens with two attached hydrogens (primary N) is 1. The quantitative estimate of drug-likeness (QED) is 0.849. The molecule has 2 nitrogen and oxygen atoms in total. The molecule has 0 amide bonds. The predicted molar refractivity (Wildman–Crippen MR) is 65.3 cm³/mol. The van der Waals surface area contributed by atoms with Gasteiger partial charge in [0.25, 0.3) is 0 Å². The smallest absolute Gasteiger partial charge is 0.120 e. The Balaban J connectivity index is 2.56. The summed E-state index contributed by atoms with van der Waals surface area (Å²) in [6.07, 6.45) is 2.23. The Bertz CT molecular complexity index is 378. The van der Waals surface area contributed by atoms with Gasteiger partial charge in [0.15, 0.2) is 0 Å². The third kappa shape index (κ3) is 1.91. The minimum absolute atomic E-state index is 0.155. The monoisotopic (exact) mass is 269 g/mol. The molecule has 2 rings (SSSR count). The van der Waals surface area contributed by atoms with Crippen LogP contribution in [0.25, 0.3) is 0 Å². The average Bonchev–Trinajstić information content (AvgIpc) is 2.23. The standard InChI is InChI=1S/C12H16BrNO/c1-7-3-4-11(14)9-5-8(15-2)6-10(13)12(7)9/h5-7,11H,3-4,14H2,1-2H3/t7?,11-/m0/s1. The lowest BCUT2D eigenvalue weighted by molar-refractivity contribution is 0.411. The summed E-state index contributed by atoms with van der Waals surface area (Å²) < 4.78 is 6.38. The lowest BCUT2D eigenvalue weighted by atomic mass is 9.81. The molecule has 2 N–H and O–H groups in total. The Labute approximate surface area is 98.9 Å². The van der Waals surface area contributed by atoms with Crippen molar-refractivity contribution < 1.29 is 4.74 Å². The first-order valence-electron chi connectivity index (χ1n) is 5.26. The molecule has 0 saturated heterocycles. The Morgan fingerprint density at radius 1 is 1.40 bits per heavy atom. The number of halogens is 1. The fourth-order valence-corrected chi connectivity index (χ4v) is 3.13. The van der Waals surface area contributed by atoms with Crippen molar-refractivity contribution in [3.8, 4) is 5.75 Å². The number of fused-ring (bicyclic) bond motifs is 1. The van der Waals surface area contributed by atoms with Crippen LogP contribution >= 0.6 is 15.9 Å². The molecule has 3 heteroatoms. The summed E-state index contributed by atoms with van der Waals surface area (Å²) >= 11 is 3.61. The van der Waals surface area contributed by atoms with E-state index in [9.17, 15) is 0 Å². The van der Waals surface area contributed by atoms with Gasteiger partial charge in [-0.2, -0.15) is 0 Å². The zero-order chi connectivity index (χ0) is 11.0. The Morgan fingerprint density at radius 3 is 2.80 bits per heavy atom. The second kappa shape index (κ2) is 4.14. The highest BCUT2D eigenvalue weighted by atomic mass is 79.9. The van der Waals surface area contributed by atoms with Crippen LogP contribution < -0.4 is 10.5 Å². The first-order chi connectivity index (χ1) is 7.13. The SMILES string of the molecule is COc1cc(Br)c2c(c1)[C@@H](N)CCC2C. The van der Waals surface area contributed by atoms with Crippen LogP contribution in [0.3, 0.4) is 0 Å². The number of methoxy groups -OCH3 is 1. The van der Waals surface area contributed by atoms with E-state index in [1.165, 1.54) is 17.5 Å². The van der Waals surface area contributed by atoms with E-state index in [0.29, 0.717) is 5.92 Å². The molecule has 1 aliphatic rings. The number of hydrogen-bond donors (Lipinski definition) is 1. The van der Waals surface area contributed by atoms with E-state index in [0.717, 1.165) is 16.6 Å². The molecule has 1 aromatic carbocycles. The number of hydrogen-bond acceptors (Lipinski definition) is 2. The zero-order valence-corrected chi connectivity index (χ0v) is 10.7. The highest BCUT2D eigenvalue weighted by molar-refractivity contribution is 9.10. The largest absolute Gasteiger partial charge is 0.497 e. The first-order valence-corrected chi connectivity index (χ1v) is 6.05. The molecule has 0 spiro atoms. The van der Waals surface area contributed by atoms with E-state index in [-0.39, 0.29) is 6.04 Å². The van der Waals surface area contributed by atoms with Crippen LogP contribution in [0.5, 0.6) is 5.75 Å². The number of benzene rings is 1. The molecule has 0 radical (unpaired) electrons. The fraction of sp³-hybridized carbons (Fsp3) is 0.500. The molecule has 0 aliphatic heterocycles. The highest BCUT2D eigenvalue weighted by Gasteiger charge is 2.25. The van der Waals surface area contributed by atoms with Crippen LogP contribution in [0.15, 0.2) is 16.6 Å². The van der Waals surface area contributed by atoms with E-state index < -0.39 is 0 Å². The summed E-state index contributed by atoms with van der Waals surface area (Å²) in [5.74, 6) is 1.46. The summed E-state index contributed by atoms with van der Waals surface area (Å²) in [5.41, 5.74) is 8.72. The van der Waals surface area contributed by atoms with Crippen molar-refractivity contribution in [1.82, 2.24) is 0 Å². The van der Waals surface area contributed by atoms with Crippen molar-refractivity contribution in [2.45, 2.75) is 31.7 Å². The second-order valence-electron chi connectivity index (χ2n) is 4.20. The molecule has 15 heavy (non-hydrogen) atoms. The van der Waals surface area contributed by atoms with Crippen LogP contribution in [0.1, 0.15) is 42.9 Å². The van der Waals surface area contributed by atoms with Crippen molar-refractivity contribution in [3.05, 3.63) is 27.7 Å². The van der Waals surface area contributed by atoms with Gasteiger partial charge in [-0.15, -0.1) is 0 Å². The molecular formula is C12H16BrNO. The lowest BCUT2D eigenvalue weighted by Gasteiger charge is -2.28. The summed E-state index contributed by atoms with van der Waals surface area (Å²) in [6, 6.07) is 4.25. The van der Waals surface area contributed by atoms with E-state index in [1.54, 1.807) is 7.11 Å². The van der Waals surface area contributed by atoms with Crippen molar-refractivity contribution in [3.63, 3.8) is 0 Å². The van der Waals surface area contributed by atoms with Gasteiger partial charge in [0, 0.05) is 10.5 Å². The minimum Gasteiger partial charge on any atom is -0.497 e. The molecular weight excluding hydrogens is 254 g/mol. The van der Waals surface area contributed by atoms with Crippen LogP contribution in [-0.2, 0) is 0 Å². The van der Waals surface area contributed by atoms with Crippen LogP contribution in [0.2, 0.25) is 0 Å². The molecule has 82 valence electrons. The molecule has 0 aromatic heterocycles. The van der Waals surface area contributed by atoms with E-state index in [2.05, 4.69) is 28.9 Å². The predicted octanol–water partition coefficient (Wildman–Crippen LogP) is 3.35. The summed E-state index contributed by atoms with van der Waals surface area (Å²) in [7, 11) is 1.69. The third-order valence-corrected chi connectivity index (χ3v) is 3.83. The van der Waals surface area contributed by atoms with Gasteiger partial charge in [-0.3, -0.25) is 0 Å². The third-order valence-electron chi connectivity index (χ3n) is 3.17. The maximum atomic E-state index is 6.12. The number of ether oxygens (including phenoxy) is 1. The average molecular weight is 270 g/mol. The van der Waals surface area contributed by atoms with Gasteiger partial charge in [0.1, 0.15) is 5.75 Å². The molecule has 0 bridgehead atoms. The first kappa shape index (κ1) is 11.0. The molecule has 0 fully saturated rings. The zero-order valence-electron chi connectivity index (χ0n) is 9.09. The summed E-state index contributed by atoms with van der Waals surface area (Å²) in [4.78, 5) is 0. The molecule has 2 atom stereocenters. The van der Waals surface area contributed by atoms with Gasteiger partial charge in [0.2, 0.25) is 0 Å². The van der Waals surface area contributed by atoms with Crippen molar-refractivity contribution >= 4 is 15.9 Å².